The highest BCUT2D eigenvalue weighted by Crippen LogP contribution is 2.22. The third-order valence-corrected chi connectivity index (χ3v) is 4.42. The first-order valence-corrected chi connectivity index (χ1v) is 10.2. The Morgan fingerprint density at radius 2 is 1.71 bits per heavy atom. The number of methoxy groups -OCH3 is 1. The van der Waals surface area contributed by atoms with E-state index in [0.29, 0.717) is 22.7 Å². The molecule has 3 rings (SSSR count). The van der Waals surface area contributed by atoms with E-state index in [0.717, 1.165) is 5.56 Å². The number of para-hydroxylation sites is 2. The zero-order chi connectivity index (χ0) is 24.2. The van der Waals surface area contributed by atoms with Crippen LogP contribution in [0.1, 0.15) is 11.1 Å². The lowest BCUT2D eigenvalue weighted by Crippen LogP contribution is -2.37. The van der Waals surface area contributed by atoms with E-state index >= 15 is 0 Å². The molecule has 0 atom stereocenters. The van der Waals surface area contributed by atoms with Crippen molar-refractivity contribution >= 4 is 29.6 Å². The number of benzene rings is 2. The van der Waals surface area contributed by atoms with Crippen LogP contribution in [0.25, 0.3) is 0 Å². The molecule has 10 heteroatoms. The molecule has 0 fully saturated rings. The van der Waals surface area contributed by atoms with Crippen LogP contribution in [0.15, 0.2) is 78.2 Å². The molecule has 0 aliphatic heterocycles. The molecular formula is C24H23N5O5. The van der Waals surface area contributed by atoms with Crippen molar-refractivity contribution < 1.29 is 23.9 Å². The highest BCUT2D eigenvalue weighted by atomic mass is 16.5. The van der Waals surface area contributed by atoms with Crippen LogP contribution in [0, 0.1) is 0 Å². The number of nitrogens with one attached hydrogen (secondary N) is 3. The third kappa shape index (κ3) is 7.45. The van der Waals surface area contributed by atoms with Crippen molar-refractivity contribution in [2.45, 2.75) is 6.54 Å². The fourth-order valence-corrected chi connectivity index (χ4v) is 2.71. The van der Waals surface area contributed by atoms with E-state index in [2.05, 4.69) is 26.1 Å². The highest BCUT2D eigenvalue weighted by molar-refractivity contribution is 6.35. The second-order valence-electron chi connectivity index (χ2n) is 6.84. The summed E-state index contributed by atoms with van der Waals surface area (Å²) >= 11 is 0. The van der Waals surface area contributed by atoms with Crippen molar-refractivity contribution in [1.82, 2.24) is 15.7 Å². The number of amides is 3. The van der Waals surface area contributed by atoms with Gasteiger partial charge in [0.2, 0.25) is 0 Å². The van der Waals surface area contributed by atoms with Crippen LogP contribution in [0.2, 0.25) is 0 Å². The minimum Gasteiger partial charge on any atom is -0.495 e. The smallest absolute Gasteiger partial charge is 0.329 e. The van der Waals surface area contributed by atoms with E-state index in [4.69, 9.17) is 9.47 Å². The van der Waals surface area contributed by atoms with Gasteiger partial charge in [0.1, 0.15) is 11.5 Å². The number of hydrogen-bond acceptors (Lipinski definition) is 7. The number of ether oxygens (including phenoxy) is 2. The molecule has 0 saturated heterocycles. The Morgan fingerprint density at radius 3 is 2.44 bits per heavy atom. The minimum absolute atomic E-state index is 0.184. The van der Waals surface area contributed by atoms with Crippen LogP contribution < -0.4 is 25.5 Å². The Bertz CT molecular complexity index is 1150. The van der Waals surface area contributed by atoms with E-state index in [1.807, 2.05) is 0 Å². The molecule has 10 nitrogen and oxygen atoms in total. The number of aromatic nitrogens is 1. The molecule has 2 aromatic carbocycles. The number of nitrogens with zero attached hydrogens (tertiary/aromatic N) is 2. The first-order valence-electron chi connectivity index (χ1n) is 10.2. The van der Waals surface area contributed by atoms with Gasteiger partial charge in [-0.25, -0.2) is 5.43 Å². The number of hydrogen-bond donors (Lipinski definition) is 3. The van der Waals surface area contributed by atoms with Gasteiger partial charge in [0.15, 0.2) is 6.61 Å². The minimum atomic E-state index is -0.883. The number of anilines is 1. The highest BCUT2D eigenvalue weighted by Gasteiger charge is 2.12. The van der Waals surface area contributed by atoms with E-state index in [9.17, 15) is 14.4 Å². The molecule has 34 heavy (non-hydrogen) atoms. The molecule has 0 aliphatic rings. The second-order valence-corrected chi connectivity index (χ2v) is 6.84. The summed E-state index contributed by atoms with van der Waals surface area (Å²) in [7, 11) is 1.52. The zero-order valence-corrected chi connectivity index (χ0v) is 18.4. The lowest BCUT2D eigenvalue weighted by molar-refractivity contribution is -0.139. The van der Waals surface area contributed by atoms with Gasteiger partial charge in [0, 0.05) is 18.9 Å². The quantitative estimate of drug-likeness (QED) is 0.253. The van der Waals surface area contributed by atoms with Crippen LogP contribution in [-0.4, -0.2) is 42.6 Å². The van der Waals surface area contributed by atoms with Gasteiger partial charge in [0.25, 0.3) is 5.91 Å². The Labute approximate surface area is 196 Å². The van der Waals surface area contributed by atoms with Crippen molar-refractivity contribution in [3.8, 4) is 11.5 Å². The third-order valence-electron chi connectivity index (χ3n) is 4.42. The lowest BCUT2D eigenvalue weighted by Gasteiger charge is -2.10. The van der Waals surface area contributed by atoms with Crippen molar-refractivity contribution in [2.24, 2.45) is 5.10 Å². The maximum Gasteiger partial charge on any atom is 0.329 e. The van der Waals surface area contributed by atoms with E-state index < -0.39 is 11.8 Å². The van der Waals surface area contributed by atoms with E-state index in [-0.39, 0.29) is 19.1 Å². The van der Waals surface area contributed by atoms with Crippen LogP contribution in [-0.2, 0) is 20.9 Å². The first-order chi connectivity index (χ1) is 16.5. The second kappa shape index (κ2) is 12.3. The molecule has 0 saturated carbocycles. The number of pyridine rings is 1. The molecule has 0 aliphatic carbocycles. The van der Waals surface area contributed by atoms with Crippen LogP contribution in [0.4, 0.5) is 5.69 Å². The van der Waals surface area contributed by atoms with Gasteiger partial charge < -0.3 is 20.1 Å². The topological polar surface area (TPSA) is 131 Å². The van der Waals surface area contributed by atoms with Crippen molar-refractivity contribution in [3.63, 3.8) is 0 Å². The maximum absolute atomic E-state index is 12.1. The summed E-state index contributed by atoms with van der Waals surface area (Å²) in [6, 6.07) is 17.2. The molecule has 1 aromatic heterocycles. The molecule has 0 unspecified atom stereocenters. The summed E-state index contributed by atoms with van der Waals surface area (Å²) in [6.07, 6.45) is 4.57. The summed E-state index contributed by atoms with van der Waals surface area (Å²) in [4.78, 5) is 39.6. The SMILES string of the molecule is COc1ccccc1NC(=O)COc1ccc(/C=N\NC(=O)C(=O)NCc2ccncc2)cc1. The predicted octanol–water partition coefficient (Wildman–Crippen LogP) is 1.87. The van der Waals surface area contributed by atoms with Gasteiger partial charge in [0.05, 0.1) is 19.0 Å². The summed E-state index contributed by atoms with van der Waals surface area (Å²) in [5.41, 5.74) is 4.19. The largest absolute Gasteiger partial charge is 0.495 e. The molecule has 3 aromatic rings. The summed E-state index contributed by atoms with van der Waals surface area (Å²) in [5, 5.41) is 8.99. The number of rotatable bonds is 9. The van der Waals surface area contributed by atoms with Crippen molar-refractivity contribution in [3.05, 3.63) is 84.2 Å². The van der Waals surface area contributed by atoms with E-state index in [1.165, 1.54) is 13.3 Å². The van der Waals surface area contributed by atoms with Gasteiger partial charge in [-0.15, -0.1) is 0 Å². The Balaban J connectivity index is 1.41. The molecule has 3 N–H and O–H groups in total. The summed E-state index contributed by atoms with van der Waals surface area (Å²) < 4.78 is 10.7. The Hall–Kier alpha value is -4.73. The van der Waals surface area contributed by atoms with Gasteiger partial charge >= 0.3 is 11.8 Å². The van der Waals surface area contributed by atoms with Crippen LogP contribution in [0.3, 0.4) is 0 Å². The predicted molar refractivity (Wildman–Crippen MR) is 125 cm³/mol. The first kappa shape index (κ1) is 23.9. The normalized spacial score (nSPS) is 10.4. The van der Waals surface area contributed by atoms with Gasteiger partial charge in [-0.3, -0.25) is 19.4 Å². The lowest BCUT2D eigenvalue weighted by atomic mass is 10.2. The number of carbonyl (C=O) groups is 3. The Morgan fingerprint density at radius 1 is 0.971 bits per heavy atom. The van der Waals surface area contributed by atoms with Gasteiger partial charge in [-0.05, 0) is 59.7 Å². The zero-order valence-electron chi connectivity index (χ0n) is 18.4. The standard InChI is InChI=1S/C24H23N5O5/c1-33-21-5-3-2-4-20(21)28-22(30)16-34-19-8-6-17(7-9-19)15-27-29-24(32)23(31)26-14-18-10-12-25-13-11-18/h2-13,15H,14,16H2,1H3,(H,26,31)(H,28,30)(H,29,32)/b27-15-. The van der Waals surface area contributed by atoms with Gasteiger partial charge in [-0.2, -0.15) is 5.10 Å². The fraction of sp³-hybridized carbons (Fsp3) is 0.125. The van der Waals surface area contributed by atoms with E-state index in [1.54, 1.807) is 73.1 Å². The number of hydrazone groups is 1. The Kier molecular flexibility index (Phi) is 8.68. The molecule has 0 bridgehead atoms. The molecule has 0 spiro atoms. The van der Waals surface area contributed by atoms with Crippen LogP contribution in [0.5, 0.6) is 11.5 Å². The molecule has 174 valence electrons. The monoisotopic (exact) mass is 461 g/mol. The molecule has 0 radical (unpaired) electrons. The number of carbonyl (C=O) groups excluding carboxylic acids is 3. The summed E-state index contributed by atoms with van der Waals surface area (Å²) in [5.74, 6) is -0.986. The van der Waals surface area contributed by atoms with Crippen molar-refractivity contribution in [2.75, 3.05) is 19.0 Å². The molecule has 1 heterocycles. The average molecular weight is 461 g/mol. The van der Waals surface area contributed by atoms with Crippen molar-refractivity contribution in [1.29, 1.82) is 0 Å². The van der Waals surface area contributed by atoms with Gasteiger partial charge in [-0.1, -0.05) is 12.1 Å². The maximum atomic E-state index is 12.1. The van der Waals surface area contributed by atoms with Crippen LogP contribution >= 0.6 is 0 Å². The molecular weight excluding hydrogens is 438 g/mol. The fourth-order valence-electron chi connectivity index (χ4n) is 2.71. The molecule has 3 amide bonds. The average Bonchev–Trinajstić information content (AvgIpc) is 2.87. The summed E-state index contributed by atoms with van der Waals surface area (Å²) in [6.45, 7) is 0.0208.